The van der Waals surface area contributed by atoms with Crippen LogP contribution in [-0.4, -0.2) is 45.7 Å². The number of piperazine rings is 1. The van der Waals surface area contributed by atoms with Crippen LogP contribution in [0.3, 0.4) is 0 Å². The summed E-state index contributed by atoms with van der Waals surface area (Å²) in [5.74, 6) is 0.166. The molecule has 3 heterocycles. The average molecular weight is 293 g/mol. The minimum atomic E-state index is -0.242. The van der Waals surface area contributed by atoms with E-state index in [1.54, 1.807) is 21.1 Å². The number of rotatable bonds is 2. The van der Waals surface area contributed by atoms with Crippen LogP contribution in [0.5, 0.6) is 0 Å². The van der Waals surface area contributed by atoms with Crippen LogP contribution in [0, 0.1) is 6.92 Å². The number of hydrogen-bond donors (Lipinski definition) is 0. The number of fused-ring (bicyclic) bond motifs is 1. The monoisotopic (exact) mass is 293 g/mol. The molecular formula is C14H19N3O2S. The zero-order valence-electron chi connectivity index (χ0n) is 11.8. The fraction of sp³-hybridized carbons (Fsp3) is 0.643. The number of aromatic nitrogens is 1. The minimum Gasteiger partial charge on any atom is -0.329 e. The lowest BCUT2D eigenvalue weighted by molar-refractivity contribution is -0.159. The molecule has 20 heavy (non-hydrogen) atoms. The van der Waals surface area contributed by atoms with Crippen LogP contribution in [0.25, 0.3) is 0 Å². The summed E-state index contributed by atoms with van der Waals surface area (Å²) in [5, 5.41) is 2.89. The van der Waals surface area contributed by atoms with Crippen molar-refractivity contribution in [3.63, 3.8) is 0 Å². The van der Waals surface area contributed by atoms with Gasteiger partial charge in [0, 0.05) is 17.6 Å². The first-order valence-electron chi connectivity index (χ1n) is 7.10. The van der Waals surface area contributed by atoms with Gasteiger partial charge in [0.25, 0.3) is 0 Å². The Balaban J connectivity index is 1.83. The van der Waals surface area contributed by atoms with E-state index in [1.165, 1.54) is 0 Å². The van der Waals surface area contributed by atoms with Crippen molar-refractivity contribution in [2.75, 3.05) is 13.1 Å². The van der Waals surface area contributed by atoms with Crippen molar-refractivity contribution >= 4 is 23.2 Å². The Labute approximate surface area is 122 Å². The first-order valence-corrected chi connectivity index (χ1v) is 7.98. The van der Waals surface area contributed by atoms with E-state index < -0.39 is 0 Å². The molecular weight excluding hydrogens is 274 g/mol. The summed E-state index contributed by atoms with van der Waals surface area (Å²) in [7, 11) is 0. The number of amides is 2. The van der Waals surface area contributed by atoms with Gasteiger partial charge in [0.05, 0.1) is 6.04 Å². The van der Waals surface area contributed by atoms with Crippen LogP contribution in [0.1, 0.15) is 42.9 Å². The summed E-state index contributed by atoms with van der Waals surface area (Å²) in [6.45, 7) is 4.82. The Morgan fingerprint density at radius 2 is 2.20 bits per heavy atom. The molecule has 5 nitrogen and oxygen atoms in total. The number of carbonyl (C=O) groups excluding carboxylic acids is 2. The average Bonchev–Trinajstić information content (AvgIpc) is 2.89. The number of thiazole rings is 1. The third-order valence-electron chi connectivity index (χ3n) is 4.16. The van der Waals surface area contributed by atoms with Gasteiger partial charge in [-0.1, -0.05) is 0 Å². The molecule has 2 atom stereocenters. The Morgan fingerprint density at radius 3 is 2.90 bits per heavy atom. The first kappa shape index (κ1) is 13.5. The summed E-state index contributed by atoms with van der Waals surface area (Å²) in [5.41, 5.74) is 0.965. The van der Waals surface area contributed by atoms with Crippen LogP contribution >= 0.6 is 11.3 Å². The second kappa shape index (κ2) is 5.16. The van der Waals surface area contributed by atoms with E-state index in [1.807, 2.05) is 19.2 Å². The third kappa shape index (κ3) is 2.22. The van der Waals surface area contributed by atoms with E-state index >= 15 is 0 Å². The summed E-state index contributed by atoms with van der Waals surface area (Å²) in [6, 6.07) is -0.359. The molecule has 2 unspecified atom stereocenters. The van der Waals surface area contributed by atoms with Crippen LogP contribution in [0.15, 0.2) is 5.38 Å². The lowest BCUT2D eigenvalue weighted by Gasteiger charge is -2.44. The van der Waals surface area contributed by atoms with Crippen LogP contribution in [0.4, 0.5) is 0 Å². The summed E-state index contributed by atoms with van der Waals surface area (Å²) >= 11 is 1.55. The molecule has 0 bridgehead atoms. The molecule has 0 radical (unpaired) electrons. The highest BCUT2D eigenvalue weighted by Crippen LogP contribution is 2.30. The van der Waals surface area contributed by atoms with Crippen molar-refractivity contribution in [1.82, 2.24) is 14.8 Å². The van der Waals surface area contributed by atoms with Gasteiger partial charge in [-0.05, 0) is 33.1 Å². The summed E-state index contributed by atoms with van der Waals surface area (Å²) < 4.78 is 0. The molecule has 2 fully saturated rings. The smallest absolute Gasteiger partial charge is 0.246 e. The van der Waals surface area contributed by atoms with Crippen molar-refractivity contribution < 1.29 is 9.59 Å². The van der Waals surface area contributed by atoms with Crippen molar-refractivity contribution in [1.29, 1.82) is 0 Å². The molecule has 108 valence electrons. The molecule has 0 saturated carbocycles. The topological polar surface area (TPSA) is 53.5 Å². The Hall–Kier alpha value is -1.43. The first-order chi connectivity index (χ1) is 9.58. The molecule has 2 amide bonds. The van der Waals surface area contributed by atoms with E-state index in [-0.39, 0.29) is 30.4 Å². The third-order valence-corrected chi connectivity index (χ3v) is 5.29. The number of aryl methyl sites for hydroxylation is 1. The fourth-order valence-corrected chi connectivity index (χ4v) is 3.88. The predicted molar refractivity (Wildman–Crippen MR) is 76.3 cm³/mol. The van der Waals surface area contributed by atoms with Crippen molar-refractivity contribution in [2.24, 2.45) is 0 Å². The predicted octanol–water partition coefficient (Wildman–Crippen LogP) is 1.74. The maximum atomic E-state index is 12.6. The van der Waals surface area contributed by atoms with Gasteiger partial charge in [0.15, 0.2) is 0 Å². The fourth-order valence-electron chi connectivity index (χ4n) is 3.02. The molecule has 6 heteroatoms. The molecule has 0 spiro atoms. The van der Waals surface area contributed by atoms with Gasteiger partial charge in [0.1, 0.15) is 17.6 Å². The van der Waals surface area contributed by atoms with Gasteiger partial charge in [-0.25, -0.2) is 4.98 Å². The van der Waals surface area contributed by atoms with Crippen molar-refractivity contribution in [3.8, 4) is 0 Å². The van der Waals surface area contributed by atoms with E-state index in [4.69, 9.17) is 0 Å². The standard InChI is InChI=1S/C14H19N3O2S/c1-9-8-20-13(15-9)10(2)17-7-12(18)16-6-4-3-5-11(16)14(17)19/h8,10-11H,3-7H2,1-2H3. The van der Waals surface area contributed by atoms with E-state index in [0.29, 0.717) is 0 Å². The molecule has 0 N–H and O–H groups in total. The molecule has 0 aromatic carbocycles. The van der Waals surface area contributed by atoms with Gasteiger partial charge in [-0.2, -0.15) is 0 Å². The molecule has 1 aromatic heterocycles. The van der Waals surface area contributed by atoms with Crippen LogP contribution in [-0.2, 0) is 9.59 Å². The van der Waals surface area contributed by atoms with E-state index in [0.717, 1.165) is 36.5 Å². The van der Waals surface area contributed by atoms with E-state index in [2.05, 4.69) is 4.98 Å². The zero-order valence-corrected chi connectivity index (χ0v) is 12.7. The number of piperidine rings is 1. The highest BCUT2D eigenvalue weighted by molar-refractivity contribution is 7.09. The molecule has 2 aliphatic rings. The summed E-state index contributed by atoms with van der Waals surface area (Å²) in [6.07, 6.45) is 2.83. The lowest BCUT2D eigenvalue weighted by Crippen LogP contribution is -2.61. The highest BCUT2D eigenvalue weighted by atomic mass is 32.1. The van der Waals surface area contributed by atoms with Gasteiger partial charge in [0.2, 0.25) is 11.8 Å². The number of hydrogen-bond acceptors (Lipinski definition) is 4. The SMILES string of the molecule is Cc1csc(C(C)N2CC(=O)N3CCCCC3C2=O)n1. The van der Waals surface area contributed by atoms with Gasteiger partial charge in [-0.15, -0.1) is 11.3 Å². The molecule has 2 saturated heterocycles. The Kier molecular flexibility index (Phi) is 3.50. The normalized spacial score (nSPS) is 24.8. The van der Waals surface area contributed by atoms with Crippen molar-refractivity contribution in [2.45, 2.75) is 45.2 Å². The molecule has 0 aliphatic carbocycles. The highest BCUT2D eigenvalue weighted by Gasteiger charge is 2.42. The second-order valence-corrected chi connectivity index (χ2v) is 6.46. The maximum Gasteiger partial charge on any atom is 0.246 e. The van der Waals surface area contributed by atoms with Gasteiger partial charge in [-0.3, -0.25) is 9.59 Å². The Bertz CT molecular complexity index is 542. The maximum absolute atomic E-state index is 12.6. The molecule has 3 rings (SSSR count). The lowest BCUT2D eigenvalue weighted by atomic mass is 9.97. The van der Waals surface area contributed by atoms with Crippen LogP contribution < -0.4 is 0 Å². The molecule has 1 aromatic rings. The Morgan fingerprint density at radius 1 is 1.40 bits per heavy atom. The second-order valence-electron chi connectivity index (χ2n) is 5.57. The van der Waals surface area contributed by atoms with Gasteiger partial charge >= 0.3 is 0 Å². The largest absolute Gasteiger partial charge is 0.329 e. The van der Waals surface area contributed by atoms with Gasteiger partial charge < -0.3 is 9.80 Å². The van der Waals surface area contributed by atoms with Crippen LogP contribution in [0.2, 0.25) is 0 Å². The van der Waals surface area contributed by atoms with E-state index in [9.17, 15) is 9.59 Å². The summed E-state index contributed by atoms with van der Waals surface area (Å²) in [4.78, 5) is 32.8. The number of carbonyl (C=O) groups is 2. The minimum absolute atomic E-state index is 0.0782. The molecule has 2 aliphatic heterocycles. The van der Waals surface area contributed by atoms with Crippen molar-refractivity contribution in [3.05, 3.63) is 16.1 Å². The number of nitrogens with zero attached hydrogens (tertiary/aromatic N) is 3. The zero-order chi connectivity index (χ0) is 14.3. The quantitative estimate of drug-likeness (QED) is 0.834.